The number of nitrogens with one attached hydrogen (secondary N) is 1. The molecule has 2 heterocycles. The first-order valence-corrected chi connectivity index (χ1v) is 8.23. The van der Waals surface area contributed by atoms with Gasteiger partial charge in [-0.2, -0.15) is 11.8 Å². The highest BCUT2D eigenvalue weighted by atomic mass is 32.2. The molecule has 0 unspecified atom stereocenters. The van der Waals surface area contributed by atoms with E-state index in [2.05, 4.69) is 46.7 Å². The van der Waals surface area contributed by atoms with E-state index in [0.29, 0.717) is 0 Å². The number of hydrogen-bond acceptors (Lipinski definition) is 3. The van der Waals surface area contributed by atoms with Gasteiger partial charge in [-0.15, -0.1) is 11.3 Å². The van der Waals surface area contributed by atoms with E-state index in [0.717, 1.165) is 12.6 Å². The van der Waals surface area contributed by atoms with Gasteiger partial charge in [0.2, 0.25) is 0 Å². The van der Waals surface area contributed by atoms with Gasteiger partial charge in [-0.3, -0.25) is 0 Å². The van der Waals surface area contributed by atoms with Crippen LogP contribution in [-0.2, 0) is 6.54 Å². The zero-order chi connectivity index (χ0) is 11.5. The Balaban J connectivity index is 1.68. The fourth-order valence-electron chi connectivity index (χ4n) is 2.33. The van der Waals surface area contributed by atoms with Crippen LogP contribution in [0.1, 0.15) is 18.4 Å². The molecule has 1 saturated heterocycles. The molecule has 0 aliphatic carbocycles. The minimum atomic E-state index is 0.731. The molecule has 0 radical (unpaired) electrons. The summed E-state index contributed by atoms with van der Waals surface area (Å²) in [7, 11) is 0. The number of thioether (sulfide) groups is 1. The lowest BCUT2D eigenvalue weighted by atomic mass is 10.1. The van der Waals surface area contributed by atoms with Crippen molar-refractivity contribution in [3.05, 3.63) is 35.2 Å². The first-order chi connectivity index (χ1) is 8.43. The summed E-state index contributed by atoms with van der Waals surface area (Å²) in [5.74, 6) is 2.64. The van der Waals surface area contributed by atoms with Gasteiger partial charge in [-0.1, -0.05) is 18.2 Å². The number of rotatable bonds is 3. The van der Waals surface area contributed by atoms with Crippen LogP contribution < -0.4 is 5.32 Å². The quantitative estimate of drug-likeness (QED) is 0.901. The highest BCUT2D eigenvalue weighted by Crippen LogP contribution is 2.26. The predicted molar refractivity (Wildman–Crippen MR) is 79.0 cm³/mol. The molecule has 1 aliphatic rings. The third kappa shape index (κ3) is 2.67. The van der Waals surface area contributed by atoms with E-state index in [1.807, 2.05) is 11.3 Å². The van der Waals surface area contributed by atoms with E-state index in [1.165, 1.54) is 40.0 Å². The zero-order valence-corrected chi connectivity index (χ0v) is 11.4. The summed E-state index contributed by atoms with van der Waals surface area (Å²) in [6.45, 7) is 1.03. The van der Waals surface area contributed by atoms with Gasteiger partial charge in [0.1, 0.15) is 0 Å². The summed E-state index contributed by atoms with van der Waals surface area (Å²) in [6, 6.07) is 9.43. The summed E-state index contributed by atoms with van der Waals surface area (Å²) in [5, 5.41) is 7.44. The van der Waals surface area contributed by atoms with Gasteiger partial charge in [-0.25, -0.2) is 0 Å². The summed E-state index contributed by atoms with van der Waals surface area (Å²) >= 11 is 3.94. The Morgan fingerprint density at radius 3 is 2.88 bits per heavy atom. The SMILES string of the molecule is c1ccc2c(CNC3CCSCC3)csc2c1. The summed E-state index contributed by atoms with van der Waals surface area (Å²) in [6.07, 6.45) is 2.65. The van der Waals surface area contributed by atoms with Crippen molar-refractivity contribution in [1.82, 2.24) is 5.32 Å². The largest absolute Gasteiger partial charge is 0.310 e. The van der Waals surface area contributed by atoms with Crippen molar-refractivity contribution < 1.29 is 0 Å². The van der Waals surface area contributed by atoms with Crippen molar-refractivity contribution in [2.45, 2.75) is 25.4 Å². The van der Waals surface area contributed by atoms with Gasteiger partial charge in [0.25, 0.3) is 0 Å². The zero-order valence-electron chi connectivity index (χ0n) is 9.82. The van der Waals surface area contributed by atoms with Crippen molar-refractivity contribution in [3.8, 4) is 0 Å². The van der Waals surface area contributed by atoms with Crippen molar-refractivity contribution in [3.63, 3.8) is 0 Å². The van der Waals surface area contributed by atoms with Crippen LogP contribution in [0.15, 0.2) is 29.6 Å². The smallest absolute Gasteiger partial charge is 0.0346 e. The first-order valence-electron chi connectivity index (χ1n) is 6.20. The van der Waals surface area contributed by atoms with Crippen molar-refractivity contribution in [2.75, 3.05) is 11.5 Å². The van der Waals surface area contributed by atoms with E-state index < -0.39 is 0 Å². The third-order valence-corrected chi connectivity index (χ3v) is 5.42. The summed E-state index contributed by atoms with van der Waals surface area (Å²) in [4.78, 5) is 0. The number of hydrogen-bond donors (Lipinski definition) is 1. The van der Waals surface area contributed by atoms with Crippen LogP contribution in [0.4, 0.5) is 0 Å². The molecular formula is C14H17NS2. The monoisotopic (exact) mass is 263 g/mol. The van der Waals surface area contributed by atoms with Crippen LogP contribution >= 0.6 is 23.1 Å². The fraction of sp³-hybridized carbons (Fsp3) is 0.429. The lowest BCUT2D eigenvalue weighted by Gasteiger charge is -2.22. The molecule has 3 rings (SSSR count). The Hall–Kier alpha value is -0.510. The molecule has 2 aromatic rings. The Bertz CT molecular complexity index is 486. The van der Waals surface area contributed by atoms with Gasteiger partial charge < -0.3 is 5.32 Å². The average molecular weight is 263 g/mol. The molecule has 0 spiro atoms. The van der Waals surface area contributed by atoms with Crippen LogP contribution in [0.3, 0.4) is 0 Å². The van der Waals surface area contributed by atoms with Gasteiger partial charge in [0.05, 0.1) is 0 Å². The van der Waals surface area contributed by atoms with Crippen LogP contribution in [0.5, 0.6) is 0 Å². The minimum Gasteiger partial charge on any atom is -0.310 e. The molecule has 1 aromatic carbocycles. The maximum absolute atomic E-state index is 3.71. The Kier molecular flexibility index (Phi) is 3.69. The first kappa shape index (κ1) is 11.6. The molecule has 0 saturated carbocycles. The fourth-order valence-corrected chi connectivity index (χ4v) is 4.39. The molecule has 3 heteroatoms. The normalized spacial score (nSPS) is 17.6. The van der Waals surface area contributed by atoms with Crippen LogP contribution in [0, 0.1) is 0 Å². The van der Waals surface area contributed by atoms with Gasteiger partial charge in [0.15, 0.2) is 0 Å². The molecular weight excluding hydrogens is 246 g/mol. The van der Waals surface area contributed by atoms with Crippen LogP contribution in [-0.4, -0.2) is 17.5 Å². The molecule has 1 fully saturated rings. The summed E-state index contributed by atoms with van der Waals surface area (Å²) in [5.41, 5.74) is 1.46. The van der Waals surface area contributed by atoms with Crippen molar-refractivity contribution >= 4 is 33.2 Å². The molecule has 0 atom stereocenters. The average Bonchev–Trinajstić information content (AvgIpc) is 2.81. The molecule has 0 amide bonds. The van der Waals surface area contributed by atoms with E-state index in [1.54, 1.807) is 0 Å². The maximum Gasteiger partial charge on any atom is 0.0346 e. The second-order valence-corrected chi connectivity index (χ2v) is 6.66. The lowest BCUT2D eigenvalue weighted by Crippen LogP contribution is -2.31. The van der Waals surface area contributed by atoms with E-state index in [-0.39, 0.29) is 0 Å². The molecule has 0 bridgehead atoms. The van der Waals surface area contributed by atoms with Gasteiger partial charge in [-0.05, 0) is 46.7 Å². The highest BCUT2D eigenvalue weighted by molar-refractivity contribution is 7.99. The third-order valence-electron chi connectivity index (χ3n) is 3.36. The van der Waals surface area contributed by atoms with E-state index >= 15 is 0 Å². The standard InChI is InChI=1S/C14H17NS2/c1-2-4-14-13(3-1)11(10-17-14)9-15-12-5-7-16-8-6-12/h1-4,10,12,15H,5-9H2. The molecule has 90 valence electrons. The Labute approximate surface area is 111 Å². The number of fused-ring (bicyclic) bond motifs is 1. The molecule has 1 aromatic heterocycles. The molecule has 1 nitrogen and oxygen atoms in total. The topological polar surface area (TPSA) is 12.0 Å². The van der Waals surface area contributed by atoms with E-state index in [4.69, 9.17) is 0 Å². The number of benzene rings is 1. The predicted octanol–water partition coefficient (Wildman–Crippen LogP) is 3.89. The van der Waals surface area contributed by atoms with Crippen molar-refractivity contribution in [2.24, 2.45) is 0 Å². The lowest BCUT2D eigenvalue weighted by molar-refractivity contribution is 0.483. The van der Waals surface area contributed by atoms with Gasteiger partial charge >= 0.3 is 0 Å². The van der Waals surface area contributed by atoms with E-state index in [9.17, 15) is 0 Å². The number of thiophene rings is 1. The maximum atomic E-state index is 3.71. The Morgan fingerprint density at radius 1 is 1.18 bits per heavy atom. The van der Waals surface area contributed by atoms with Crippen LogP contribution in [0.2, 0.25) is 0 Å². The molecule has 1 N–H and O–H groups in total. The van der Waals surface area contributed by atoms with Crippen LogP contribution in [0.25, 0.3) is 10.1 Å². The second kappa shape index (κ2) is 5.42. The van der Waals surface area contributed by atoms with Gasteiger partial charge in [0, 0.05) is 17.3 Å². The highest BCUT2D eigenvalue weighted by Gasteiger charge is 2.13. The summed E-state index contributed by atoms with van der Waals surface area (Å²) < 4.78 is 1.41. The Morgan fingerprint density at radius 2 is 2.00 bits per heavy atom. The molecule has 17 heavy (non-hydrogen) atoms. The van der Waals surface area contributed by atoms with Crippen molar-refractivity contribution in [1.29, 1.82) is 0 Å². The molecule has 1 aliphatic heterocycles. The minimum absolute atomic E-state index is 0.731. The second-order valence-electron chi connectivity index (χ2n) is 4.52.